The van der Waals surface area contributed by atoms with Gasteiger partial charge in [0.05, 0.1) is 0 Å². The molecule has 4 N–H and O–H groups in total. The Morgan fingerprint density at radius 3 is 2.45 bits per heavy atom. The van der Waals surface area contributed by atoms with E-state index in [1.807, 2.05) is 12.1 Å². The van der Waals surface area contributed by atoms with Crippen molar-refractivity contribution in [2.75, 3.05) is 13.1 Å². The minimum absolute atomic E-state index is 0.153. The predicted octanol–water partition coefficient (Wildman–Crippen LogP) is 2.93. The molecule has 2 heterocycles. The fourth-order valence-corrected chi connectivity index (χ4v) is 4.16. The summed E-state index contributed by atoms with van der Waals surface area (Å²) in [7, 11) is 0. The van der Waals surface area contributed by atoms with E-state index in [9.17, 15) is 5.11 Å². The smallest absolute Gasteiger partial charge is 0.173 e. The molecule has 2 fully saturated rings. The van der Waals surface area contributed by atoms with Crippen LogP contribution >= 0.6 is 0 Å². The van der Waals surface area contributed by atoms with E-state index in [1.54, 1.807) is 17.6 Å². The number of hydroxylamine groups is 1. The Kier molecular flexibility index (Phi) is 4.93. The van der Waals surface area contributed by atoms with Crippen molar-refractivity contribution >= 4 is 5.84 Å². The largest absolute Gasteiger partial charge is 0.377 e. The molecule has 7 heteroatoms. The summed E-state index contributed by atoms with van der Waals surface area (Å²) in [5.41, 5.74) is 0.0990. The number of nitrogens with zero attached hydrogens (tertiary/aromatic N) is 2. The van der Waals surface area contributed by atoms with Crippen LogP contribution in [-0.2, 0) is 5.60 Å². The number of amidine groups is 1. The molecule has 1 aliphatic carbocycles. The summed E-state index contributed by atoms with van der Waals surface area (Å²) in [5.74, 6) is 0.0598. The molecule has 1 aliphatic heterocycles. The first-order valence-electron chi connectivity index (χ1n) is 9.99. The van der Waals surface area contributed by atoms with Gasteiger partial charge in [0.15, 0.2) is 17.1 Å². The third kappa shape index (κ3) is 3.33. The molecular formula is C22H27FN4O2. The Labute approximate surface area is 169 Å². The first kappa shape index (κ1) is 19.9. The Morgan fingerprint density at radius 1 is 1.24 bits per heavy atom. The first-order chi connectivity index (χ1) is 13.8. The highest BCUT2D eigenvalue weighted by molar-refractivity contribution is 5.95. The SMILES string of the molecule is CC(C)c1ccc([C@](O)(c2cncc(C(=N)NO)c2)C2(F)CN(C3CC3)C2)cc1. The lowest BCUT2D eigenvalue weighted by Crippen LogP contribution is -2.69. The highest BCUT2D eigenvalue weighted by Crippen LogP contribution is 2.49. The van der Waals surface area contributed by atoms with E-state index in [4.69, 9.17) is 10.6 Å². The lowest BCUT2D eigenvalue weighted by atomic mass is 9.70. The summed E-state index contributed by atoms with van der Waals surface area (Å²) in [5, 5.41) is 28.7. The Balaban J connectivity index is 1.78. The molecule has 2 aromatic rings. The van der Waals surface area contributed by atoms with E-state index in [0.717, 1.165) is 18.4 Å². The second-order valence-electron chi connectivity index (χ2n) is 8.54. The van der Waals surface area contributed by atoms with Gasteiger partial charge in [-0.2, -0.15) is 0 Å². The van der Waals surface area contributed by atoms with Crippen LogP contribution in [0.4, 0.5) is 4.39 Å². The molecule has 29 heavy (non-hydrogen) atoms. The first-order valence-corrected chi connectivity index (χ1v) is 9.99. The average molecular weight is 398 g/mol. The zero-order chi connectivity index (χ0) is 20.8. The number of pyridine rings is 1. The maximum absolute atomic E-state index is 16.2. The summed E-state index contributed by atoms with van der Waals surface area (Å²) < 4.78 is 16.2. The van der Waals surface area contributed by atoms with E-state index in [2.05, 4.69) is 23.7 Å². The number of benzene rings is 1. The van der Waals surface area contributed by atoms with Crippen LogP contribution in [0.1, 0.15) is 54.9 Å². The normalized spacial score (nSPS) is 20.8. The molecule has 1 saturated heterocycles. The van der Waals surface area contributed by atoms with Crippen LogP contribution in [-0.4, -0.2) is 50.8 Å². The lowest BCUT2D eigenvalue weighted by Gasteiger charge is -2.53. The Bertz CT molecular complexity index is 907. The molecule has 6 nitrogen and oxygen atoms in total. The number of hydrogen-bond acceptors (Lipinski definition) is 5. The number of nitrogens with one attached hydrogen (secondary N) is 2. The van der Waals surface area contributed by atoms with Crippen molar-refractivity contribution in [2.24, 2.45) is 0 Å². The molecule has 154 valence electrons. The molecule has 1 atom stereocenters. The Hall–Kier alpha value is -2.35. The number of halogens is 1. The van der Waals surface area contributed by atoms with Gasteiger partial charge >= 0.3 is 0 Å². The lowest BCUT2D eigenvalue weighted by molar-refractivity contribution is -0.163. The minimum Gasteiger partial charge on any atom is -0.377 e. The van der Waals surface area contributed by atoms with Crippen LogP contribution in [0.25, 0.3) is 0 Å². The zero-order valence-electron chi connectivity index (χ0n) is 16.7. The van der Waals surface area contributed by atoms with E-state index in [0.29, 0.717) is 17.5 Å². The molecule has 4 rings (SSSR count). The summed E-state index contributed by atoms with van der Waals surface area (Å²) in [4.78, 5) is 6.17. The van der Waals surface area contributed by atoms with Gasteiger partial charge in [0, 0.05) is 42.7 Å². The summed E-state index contributed by atoms with van der Waals surface area (Å²) in [6.45, 7) is 4.47. The van der Waals surface area contributed by atoms with Crippen molar-refractivity contribution in [1.29, 1.82) is 5.41 Å². The number of hydrogen-bond donors (Lipinski definition) is 4. The molecule has 1 saturated carbocycles. The molecular weight excluding hydrogens is 371 g/mol. The maximum atomic E-state index is 16.2. The number of rotatable bonds is 6. The topological polar surface area (TPSA) is 92.5 Å². The van der Waals surface area contributed by atoms with Crippen LogP contribution in [0.2, 0.25) is 0 Å². The zero-order valence-corrected chi connectivity index (χ0v) is 16.7. The van der Waals surface area contributed by atoms with Gasteiger partial charge in [0.25, 0.3) is 0 Å². The highest BCUT2D eigenvalue weighted by atomic mass is 19.1. The number of likely N-dealkylation sites (tertiary alicyclic amines) is 1. The van der Waals surface area contributed by atoms with Gasteiger partial charge in [-0.1, -0.05) is 38.1 Å². The molecule has 0 amide bonds. The average Bonchev–Trinajstić information content (AvgIpc) is 3.55. The van der Waals surface area contributed by atoms with Crippen LogP contribution < -0.4 is 5.48 Å². The third-order valence-corrected chi connectivity index (χ3v) is 6.17. The summed E-state index contributed by atoms with van der Waals surface area (Å²) >= 11 is 0. The third-order valence-electron chi connectivity index (χ3n) is 6.17. The van der Waals surface area contributed by atoms with Crippen molar-refractivity contribution < 1.29 is 14.7 Å². The highest BCUT2D eigenvalue weighted by Gasteiger charge is 2.62. The van der Waals surface area contributed by atoms with Crippen LogP contribution in [0.5, 0.6) is 0 Å². The Morgan fingerprint density at radius 2 is 1.90 bits per heavy atom. The van der Waals surface area contributed by atoms with Gasteiger partial charge in [0.1, 0.15) is 0 Å². The molecule has 0 unspecified atom stereocenters. The van der Waals surface area contributed by atoms with E-state index in [-0.39, 0.29) is 30.1 Å². The molecule has 1 aromatic carbocycles. The van der Waals surface area contributed by atoms with Crippen molar-refractivity contribution in [3.05, 3.63) is 65.0 Å². The standard InChI is InChI=1S/C22H27FN4O2/c1-14(2)15-3-5-17(6-4-15)22(28,21(23)12-27(13-21)19-7-8-19)18-9-16(10-25-11-18)20(24)26-29/h3-6,9-11,14,19,28-29H,7-8,12-13H2,1-2H3,(H2,24,26)/t22-/m0/s1. The minimum atomic E-state index is -1.91. The molecule has 2 aliphatic rings. The van der Waals surface area contributed by atoms with E-state index >= 15 is 4.39 Å². The van der Waals surface area contributed by atoms with Gasteiger partial charge in [-0.05, 0) is 36.0 Å². The van der Waals surface area contributed by atoms with Crippen LogP contribution in [0.3, 0.4) is 0 Å². The van der Waals surface area contributed by atoms with Gasteiger partial charge in [-0.15, -0.1) is 0 Å². The van der Waals surface area contributed by atoms with Crippen molar-refractivity contribution in [2.45, 2.75) is 49.9 Å². The predicted molar refractivity (Wildman–Crippen MR) is 108 cm³/mol. The number of aromatic nitrogens is 1. The maximum Gasteiger partial charge on any atom is 0.173 e. The quantitative estimate of drug-likeness (QED) is 0.341. The van der Waals surface area contributed by atoms with Gasteiger partial charge in [0.2, 0.25) is 0 Å². The summed E-state index contributed by atoms with van der Waals surface area (Å²) in [6, 6.07) is 9.32. The van der Waals surface area contributed by atoms with Gasteiger partial charge in [-0.3, -0.25) is 26.0 Å². The summed E-state index contributed by atoms with van der Waals surface area (Å²) in [6.07, 6.45) is 4.98. The van der Waals surface area contributed by atoms with E-state index < -0.39 is 11.3 Å². The van der Waals surface area contributed by atoms with Crippen LogP contribution in [0.15, 0.2) is 42.7 Å². The monoisotopic (exact) mass is 398 g/mol. The fourth-order valence-electron chi connectivity index (χ4n) is 4.16. The van der Waals surface area contributed by atoms with Crippen molar-refractivity contribution in [3.63, 3.8) is 0 Å². The van der Waals surface area contributed by atoms with Crippen LogP contribution in [0, 0.1) is 5.41 Å². The second-order valence-corrected chi connectivity index (χ2v) is 8.54. The van der Waals surface area contributed by atoms with Crippen molar-refractivity contribution in [1.82, 2.24) is 15.4 Å². The van der Waals surface area contributed by atoms with E-state index in [1.165, 1.54) is 18.5 Å². The molecule has 0 bridgehead atoms. The fraction of sp³-hybridized carbons (Fsp3) is 0.455. The number of aliphatic hydroxyl groups is 1. The molecule has 0 radical (unpaired) electrons. The number of alkyl halides is 1. The molecule has 1 aromatic heterocycles. The van der Waals surface area contributed by atoms with Crippen molar-refractivity contribution in [3.8, 4) is 0 Å². The van der Waals surface area contributed by atoms with Gasteiger partial charge < -0.3 is 5.11 Å². The van der Waals surface area contributed by atoms with Gasteiger partial charge in [-0.25, -0.2) is 4.39 Å². The molecule has 0 spiro atoms. The second kappa shape index (κ2) is 7.16.